The van der Waals surface area contributed by atoms with Crippen molar-refractivity contribution in [2.75, 3.05) is 40.3 Å². The van der Waals surface area contributed by atoms with Crippen molar-refractivity contribution in [2.24, 2.45) is 0 Å². The van der Waals surface area contributed by atoms with E-state index in [1.807, 2.05) is 54.2 Å². The highest BCUT2D eigenvalue weighted by Gasteiger charge is 2.35. The lowest BCUT2D eigenvalue weighted by atomic mass is 10.0. The number of nitrogens with zero attached hydrogens (tertiary/aromatic N) is 3. The van der Waals surface area contributed by atoms with Crippen molar-refractivity contribution in [2.45, 2.75) is 37.5 Å². The van der Waals surface area contributed by atoms with Gasteiger partial charge in [0.05, 0.1) is 6.10 Å². The van der Waals surface area contributed by atoms with Gasteiger partial charge in [-0.1, -0.05) is 30.3 Å². The number of carbonyl (C=O) groups is 1. The number of hydrogen-bond donors (Lipinski definition) is 1. The Bertz CT molecular complexity index is 541. The zero-order chi connectivity index (χ0) is 17.1. The van der Waals surface area contributed by atoms with Crippen LogP contribution in [0, 0.1) is 0 Å². The molecule has 1 aromatic carbocycles. The van der Waals surface area contributed by atoms with Gasteiger partial charge in [-0.15, -0.1) is 0 Å². The van der Waals surface area contributed by atoms with Crippen LogP contribution in [-0.4, -0.2) is 78.1 Å². The second-order valence-corrected chi connectivity index (χ2v) is 7.20. The summed E-state index contributed by atoms with van der Waals surface area (Å²) in [6.07, 6.45) is 2.92. The first kappa shape index (κ1) is 17.4. The van der Waals surface area contributed by atoms with Gasteiger partial charge in [-0.05, 0) is 38.9 Å². The molecule has 1 saturated carbocycles. The second kappa shape index (κ2) is 7.64. The van der Waals surface area contributed by atoms with E-state index in [1.165, 1.54) is 0 Å². The van der Waals surface area contributed by atoms with Crippen LogP contribution in [0.4, 0.5) is 0 Å². The van der Waals surface area contributed by atoms with Crippen molar-refractivity contribution in [3.63, 3.8) is 0 Å². The van der Waals surface area contributed by atoms with Gasteiger partial charge in [-0.2, -0.15) is 0 Å². The Balaban J connectivity index is 1.63. The summed E-state index contributed by atoms with van der Waals surface area (Å²) in [4.78, 5) is 19.4. The molecule has 132 valence electrons. The summed E-state index contributed by atoms with van der Waals surface area (Å²) in [7, 11) is 3.92. The van der Waals surface area contributed by atoms with Crippen LogP contribution in [0.25, 0.3) is 0 Å². The summed E-state index contributed by atoms with van der Waals surface area (Å²) < 4.78 is 0. The van der Waals surface area contributed by atoms with Crippen LogP contribution in [0.5, 0.6) is 0 Å². The molecule has 1 amide bonds. The zero-order valence-corrected chi connectivity index (χ0v) is 14.8. The number of amides is 1. The van der Waals surface area contributed by atoms with Gasteiger partial charge in [-0.25, -0.2) is 0 Å². The Labute approximate surface area is 144 Å². The molecule has 1 N–H and O–H groups in total. The summed E-state index contributed by atoms with van der Waals surface area (Å²) in [6.45, 7) is 3.23. The molecule has 3 rings (SSSR count). The van der Waals surface area contributed by atoms with Gasteiger partial charge < -0.3 is 10.0 Å². The van der Waals surface area contributed by atoms with E-state index in [4.69, 9.17) is 0 Å². The van der Waals surface area contributed by atoms with Crippen LogP contribution in [0.15, 0.2) is 30.3 Å². The minimum atomic E-state index is -0.227. The normalized spacial score (nSPS) is 26.8. The van der Waals surface area contributed by atoms with Crippen LogP contribution in [0.3, 0.4) is 0 Å². The largest absolute Gasteiger partial charge is 0.391 e. The zero-order valence-electron chi connectivity index (χ0n) is 14.8. The van der Waals surface area contributed by atoms with Gasteiger partial charge in [0.25, 0.3) is 0 Å². The Morgan fingerprint density at radius 2 is 1.79 bits per heavy atom. The molecule has 0 radical (unpaired) electrons. The standard InChI is InChI=1S/C19H29N3O2/c1-20(2)18(15-7-4-3-5-8-15)19(24)22-13-11-21(12-14-22)16-9-6-10-17(16)23/h3-5,7-8,16-18,23H,6,9-14H2,1-2H3/t16-,17+,18-/m0/s1. The molecule has 5 heteroatoms. The van der Waals surface area contributed by atoms with Gasteiger partial charge in [0, 0.05) is 32.2 Å². The van der Waals surface area contributed by atoms with Crippen molar-refractivity contribution in [1.29, 1.82) is 0 Å². The minimum Gasteiger partial charge on any atom is -0.391 e. The first-order valence-electron chi connectivity index (χ1n) is 9.00. The molecule has 2 fully saturated rings. The molecule has 1 saturated heterocycles. The summed E-state index contributed by atoms with van der Waals surface area (Å²) >= 11 is 0. The molecule has 0 spiro atoms. The van der Waals surface area contributed by atoms with Crippen LogP contribution < -0.4 is 0 Å². The van der Waals surface area contributed by atoms with Crippen LogP contribution in [-0.2, 0) is 4.79 Å². The summed E-state index contributed by atoms with van der Waals surface area (Å²) in [5, 5.41) is 10.1. The topological polar surface area (TPSA) is 47.0 Å². The molecule has 0 aromatic heterocycles. The van der Waals surface area contributed by atoms with Gasteiger partial charge in [0.15, 0.2) is 0 Å². The van der Waals surface area contributed by atoms with E-state index in [0.29, 0.717) is 6.04 Å². The molecule has 24 heavy (non-hydrogen) atoms. The molecule has 5 nitrogen and oxygen atoms in total. The first-order chi connectivity index (χ1) is 11.6. The average Bonchev–Trinajstić information content (AvgIpc) is 3.02. The van der Waals surface area contributed by atoms with Crippen molar-refractivity contribution in [1.82, 2.24) is 14.7 Å². The minimum absolute atomic E-state index is 0.179. The maximum Gasteiger partial charge on any atom is 0.244 e. The molecule has 0 unspecified atom stereocenters. The Morgan fingerprint density at radius 1 is 1.12 bits per heavy atom. The smallest absolute Gasteiger partial charge is 0.244 e. The third kappa shape index (κ3) is 3.63. The number of piperazine rings is 1. The van der Waals surface area contributed by atoms with E-state index in [-0.39, 0.29) is 18.1 Å². The monoisotopic (exact) mass is 331 g/mol. The Morgan fingerprint density at radius 3 is 2.33 bits per heavy atom. The Kier molecular flexibility index (Phi) is 5.54. The highest BCUT2D eigenvalue weighted by molar-refractivity contribution is 5.83. The first-order valence-corrected chi connectivity index (χ1v) is 9.00. The molecular weight excluding hydrogens is 302 g/mol. The number of hydrogen-bond acceptors (Lipinski definition) is 4. The van der Waals surface area contributed by atoms with E-state index in [2.05, 4.69) is 4.90 Å². The fourth-order valence-corrected chi connectivity index (χ4v) is 4.09. The molecule has 1 aromatic rings. The summed E-state index contributed by atoms with van der Waals surface area (Å²) in [5.74, 6) is 0.179. The molecule has 0 bridgehead atoms. The second-order valence-electron chi connectivity index (χ2n) is 7.20. The Hall–Kier alpha value is -1.43. The molecular formula is C19H29N3O2. The predicted molar refractivity (Wildman–Crippen MR) is 94.7 cm³/mol. The van der Waals surface area contributed by atoms with Crippen molar-refractivity contribution in [3.8, 4) is 0 Å². The SMILES string of the molecule is CN(C)[C@H](C(=O)N1CCN([C@H]2CCC[C@H]2O)CC1)c1ccccc1. The highest BCUT2D eigenvalue weighted by Crippen LogP contribution is 2.26. The number of benzene rings is 1. The number of aliphatic hydroxyl groups excluding tert-OH is 1. The number of carbonyl (C=O) groups excluding carboxylic acids is 1. The molecule has 2 aliphatic rings. The number of likely N-dealkylation sites (N-methyl/N-ethyl adjacent to an activating group) is 1. The average molecular weight is 331 g/mol. The quantitative estimate of drug-likeness (QED) is 0.905. The summed E-state index contributed by atoms with van der Waals surface area (Å²) in [5.41, 5.74) is 1.04. The lowest BCUT2D eigenvalue weighted by molar-refractivity contribution is -0.138. The van der Waals surface area contributed by atoms with Crippen LogP contribution in [0.1, 0.15) is 30.9 Å². The van der Waals surface area contributed by atoms with Gasteiger partial charge >= 0.3 is 0 Å². The van der Waals surface area contributed by atoms with E-state index >= 15 is 0 Å². The molecule has 1 heterocycles. The highest BCUT2D eigenvalue weighted by atomic mass is 16.3. The van der Waals surface area contributed by atoms with Crippen LogP contribution >= 0.6 is 0 Å². The van der Waals surface area contributed by atoms with Gasteiger partial charge in [0.1, 0.15) is 6.04 Å². The third-order valence-corrected chi connectivity index (χ3v) is 5.40. The number of rotatable bonds is 4. The fraction of sp³-hybridized carbons (Fsp3) is 0.632. The predicted octanol–water partition coefficient (Wildman–Crippen LogP) is 1.35. The lowest BCUT2D eigenvalue weighted by Crippen LogP contribution is -2.55. The van der Waals surface area contributed by atoms with E-state index in [0.717, 1.165) is 51.0 Å². The maximum absolute atomic E-state index is 13.0. The summed E-state index contributed by atoms with van der Waals surface area (Å²) in [6, 6.07) is 10.1. The molecule has 3 atom stereocenters. The van der Waals surface area contributed by atoms with Crippen molar-refractivity contribution < 1.29 is 9.90 Å². The van der Waals surface area contributed by atoms with Crippen LogP contribution in [0.2, 0.25) is 0 Å². The fourth-order valence-electron chi connectivity index (χ4n) is 4.09. The molecule has 1 aliphatic carbocycles. The maximum atomic E-state index is 13.0. The molecule has 1 aliphatic heterocycles. The third-order valence-electron chi connectivity index (χ3n) is 5.40. The van der Waals surface area contributed by atoms with E-state index < -0.39 is 0 Å². The number of aliphatic hydroxyl groups is 1. The van der Waals surface area contributed by atoms with E-state index in [9.17, 15) is 9.90 Å². The van der Waals surface area contributed by atoms with Crippen molar-refractivity contribution >= 4 is 5.91 Å². The van der Waals surface area contributed by atoms with Gasteiger partial charge in [-0.3, -0.25) is 14.6 Å². The van der Waals surface area contributed by atoms with Crippen molar-refractivity contribution in [3.05, 3.63) is 35.9 Å². The van der Waals surface area contributed by atoms with Gasteiger partial charge in [0.2, 0.25) is 5.91 Å². The van der Waals surface area contributed by atoms with E-state index in [1.54, 1.807) is 0 Å². The lowest BCUT2D eigenvalue weighted by Gasteiger charge is -2.40.